The van der Waals surface area contributed by atoms with Gasteiger partial charge < -0.3 is 13.7 Å². The highest BCUT2D eigenvalue weighted by Gasteiger charge is 2.21. The Morgan fingerprint density at radius 1 is 0.231 bits per heavy atom. The van der Waals surface area contributed by atoms with Crippen molar-refractivity contribution >= 4 is 144 Å². The summed E-state index contributed by atoms with van der Waals surface area (Å²) >= 11 is 7.22. The summed E-state index contributed by atoms with van der Waals surface area (Å²) in [5.74, 6) is 0. The maximum atomic E-state index is 3.51. The first kappa shape index (κ1) is 53.4. The predicted molar refractivity (Wildman–Crippen MR) is 395 cm³/mol. The van der Waals surface area contributed by atoms with Gasteiger partial charge in [0, 0.05) is 94.2 Å². The summed E-state index contributed by atoms with van der Waals surface area (Å²) in [6.45, 7) is 0. The van der Waals surface area contributed by atoms with E-state index >= 15 is 0 Å². The number of para-hydroxylation sites is 5. The van der Waals surface area contributed by atoms with Crippen LogP contribution in [-0.2, 0) is 6.42 Å². The Balaban J connectivity index is 0.000000115. The zero-order chi connectivity index (χ0) is 60.1. The molecule has 3 nitrogen and oxygen atoms in total. The van der Waals surface area contributed by atoms with E-state index in [1.807, 2.05) is 22.7 Å². The minimum atomic E-state index is 1.04. The van der Waals surface area contributed by atoms with Crippen molar-refractivity contribution in [2.45, 2.75) is 6.42 Å². The molecule has 19 aromatic rings. The highest BCUT2D eigenvalue weighted by molar-refractivity contribution is 9.10. The van der Waals surface area contributed by atoms with Crippen LogP contribution in [0.2, 0.25) is 0 Å². The monoisotopic (exact) mass is 1260 g/mol. The SMILES string of the molecule is Brc1ccc2sc3ccccc3c2c1.c1ccc(-n2c3ccccc3c3cc(-c4ccc5c(c4)-c4ccccc4C5)ccc32)cc1.c1ccc(-n2c3ccccc3c3cc(-c4ccc5c(c4)c4ccccc4n5-c4ccc5sc6ccccc6c5c4)ccc32)cc1. The summed E-state index contributed by atoms with van der Waals surface area (Å²) in [4.78, 5) is 0. The van der Waals surface area contributed by atoms with Gasteiger partial charge in [-0.3, -0.25) is 0 Å². The molecule has 0 saturated carbocycles. The largest absolute Gasteiger partial charge is 0.309 e. The van der Waals surface area contributed by atoms with Gasteiger partial charge in [0.1, 0.15) is 0 Å². The molecule has 0 radical (unpaired) electrons. The Bertz CT molecular complexity index is 6080. The molecular weight excluding hydrogens is 1210 g/mol. The van der Waals surface area contributed by atoms with Crippen molar-refractivity contribution in [1.82, 2.24) is 13.7 Å². The average molecular weight is 1260 g/mol. The van der Waals surface area contributed by atoms with Crippen LogP contribution in [0.15, 0.2) is 320 Å². The van der Waals surface area contributed by atoms with Crippen molar-refractivity contribution in [2.24, 2.45) is 0 Å². The van der Waals surface area contributed by atoms with Crippen LogP contribution in [0, 0.1) is 0 Å². The van der Waals surface area contributed by atoms with Crippen molar-refractivity contribution in [1.29, 1.82) is 0 Å². The second-order valence-corrected chi connectivity index (χ2v) is 26.7. The van der Waals surface area contributed by atoms with E-state index in [4.69, 9.17) is 0 Å². The van der Waals surface area contributed by atoms with Gasteiger partial charge >= 0.3 is 0 Å². The van der Waals surface area contributed by atoms with Gasteiger partial charge in [0.2, 0.25) is 0 Å². The number of rotatable bonds is 5. The molecule has 1 aliphatic rings. The van der Waals surface area contributed by atoms with Crippen LogP contribution in [0.3, 0.4) is 0 Å². The lowest BCUT2D eigenvalue weighted by molar-refractivity contribution is 1.18. The van der Waals surface area contributed by atoms with E-state index in [1.165, 1.54) is 167 Å². The molecule has 428 valence electrons. The maximum absolute atomic E-state index is 3.51. The smallest absolute Gasteiger partial charge is 0.0541 e. The topological polar surface area (TPSA) is 14.8 Å². The second kappa shape index (κ2) is 21.9. The number of fused-ring (bicyclic) bond motifs is 18. The zero-order valence-corrected chi connectivity index (χ0v) is 52.5. The van der Waals surface area contributed by atoms with E-state index in [9.17, 15) is 0 Å². The van der Waals surface area contributed by atoms with Crippen LogP contribution in [0.5, 0.6) is 0 Å². The van der Waals surface area contributed by atoms with Gasteiger partial charge in [0.05, 0.1) is 33.1 Å². The van der Waals surface area contributed by atoms with E-state index in [2.05, 4.69) is 345 Å². The van der Waals surface area contributed by atoms with Crippen molar-refractivity contribution in [2.75, 3.05) is 0 Å². The molecule has 5 heterocycles. The number of hydrogen-bond acceptors (Lipinski definition) is 2. The fourth-order valence-electron chi connectivity index (χ4n) is 14.3. The fourth-order valence-corrected chi connectivity index (χ4v) is 16.8. The van der Waals surface area contributed by atoms with Crippen molar-refractivity contribution in [3.8, 4) is 50.4 Å². The summed E-state index contributed by atoms with van der Waals surface area (Å²) in [5, 5.41) is 13.0. The summed E-state index contributed by atoms with van der Waals surface area (Å²) in [7, 11) is 0. The first-order valence-electron chi connectivity index (χ1n) is 30.9. The molecule has 0 saturated heterocycles. The fraction of sp³-hybridized carbons (Fsp3) is 0.0118. The van der Waals surface area contributed by atoms with E-state index in [-0.39, 0.29) is 0 Å². The van der Waals surface area contributed by atoms with Crippen LogP contribution in [-0.4, -0.2) is 13.7 Å². The molecule has 91 heavy (non-hydrogen) atoms. The van der Waals surface area contributed by atoms with Gasteiger partial charge in [-0.15, -0.1) is 22.7 Å². The van der Waals surface area contributed by atoms with E-state index in [1.54, 1.807) is 0 Å². The number of nitrogens with zero attached hydrogens (tertiary/aromatic N) is 3. The van der Waals surface area contributed by atoms with Crippen LogP contribution in [0.25, 0.3) is 156 Å². The van der Waals surface area contributed by atoms with Gasteiger partial charge in [-0.2, -0.15) is 0 Å². The standard InChI is InChI=1S/C42H26N2S.C31H21N.C12H7BrS/c1-2-10-29(11-3-1)43-37-15-7-4-12-31(37)34-24-27(18-21-39(34)43)28-19-22-40-35(25-28)32-13-5-8-16-38(32)44(40)30-20-23-42-36(26-30)33-14-6-9-17-41(33)45-42;1-2-9-25(10-3-1)32-30-13-7-6-12-27(30)29-20-22(16-17-31(29)32)21-14-15-24-18-23-8-4-5-11-26(23)28(24)19-21;13-8-5-6-12-10(7-8)9-3-1-2-4-11(9)14-12/h1-26H;1-17,19-20H,18H2;1-7H. The molecule has 0 atom stereocenters. The highest BCUT2D eigenvalue weighted by atomic mass is 79.9. The Morgan fingerprint density at radius 3 is 1.13 bits per heavy atom. The van der Waals surface area contributed by atoms with E-state index in [0.717, 1.165) is 10.9 Å². The average Bonchev–Trinajstić information content (AvgIpc) is 1.67. The number of hydrogen-bond donors (Lipinski definition) is 0. The van der Waals surface area contributed by atoms with Gasteiger partial charge in [0.25, 0.3) is 0 Å². The third kappa shape index (κ3) is 9.04. The molecule has 5 aromatic heterocycles. The number of benzene rings is 14. The van der Waals surface area contributed by atoms with Crippen molar-refractivity contribution < 1.29 is 0 Å². The molecule has 0 unspecified atom stereocenters. The first-order valence-corrected chi connectivity index (χ1v) is 33.4. The van der Waals surface area contributed by atoms with Crippen LogP contribution in [0.1, 0.15) is 11.1 Å². The first-order chi connectivity index (χ1) is 45.0. The molecule has 20 rings (SSSR count). The Hall–Kier alpha value is -10.6. The summed E-state index contributed by atoms with van der Waals surface area (Å²) in [5.41, 5.74) is 21.6. The lowest BCUT2D eigenvalue weighted by Gasteiger charge is -2.10. The third-order valence-electron chi connectivity index (χ3n) is 18.5. The second-order valence-electron chi connectivity index (χ2n) is 23.6. The summed E-state index contributed by atoms with van der Waals surface area (Å²) in [6.07, 6.45) is 1.04. The minimum absolute atomic E-state index is 1.04. The highest BCUT2D eigenvalue weighted by Crippen LogP contribution is 2.44. The summed E-state index contributed by atoms with van der Waals surface area (Å²) in [6, 6.07) is 115. The van der Waals surface area contributed by atoms with Gasteiger partial charge in [-0.05, 0) is 184 Å². The zero-order valence-electron chi connectivity index (χ0n) is 49.3. The predicted octanol–water partition coefficient (Wildman–Crippen LogP) is 24.8. The van der Waals surface area contributed by atoms with Crippen molar-refractivity contribution in [3.63, 3.8) is 0 Å². The third-order valence-corrected chi connectivity index (χ3v) is 21.3. The molecule has 0 aliphatic heterocycles. The lowest BCUT2D eigenvalue weighted by atomic mass is 9.97. The molecule has 1 aliphatic carbocycles. The Morgan fingerprint density at radius 2 is 0.604 bits per heavy atom. The van der Waals surface area contributed by atoms with Crippen LogP contribution < -0.4 is 0 Å². The molecule has 0 bridgehead atoms. The molecule has 0 fully saturated rings. The quantitative estimate of drug-likeness (QED) is 0.163. The van der Waals surface area contributed by atoms with Gasteiger partial charge in [0.15, 0.2) is 0 Å². The van der Waals surface area contributed by atoms with E-state index < -0.39 is 0 Å². The van der Waals surface area contributed by atoms with Crippen LogP contribution in [0.4, 0.5) is 0 Å². The normalized spacial score (nSPS) is 12.0. The Kier molecular flexibility index (Phi) is 12.8. The molecule has 0 N–H and O–H groups in total. The van der Waals surface area contributed by atoms with Crippen molar-refractivity contribution in [3.05, 3.63) is 331 Å². The molecule has 0 amide bonds. The summed E-state index contributed by atoms with van der Waals surface area (Å²) < 4.78 is 13.7. The number of thiophene rings is 2. The molecule has 6 heteroatoms. The minimum Gasteiger partial charge on any atom is -0.309 e. The van der Waals surface area contributed by atoms with Gasteiger partial charge in [-0.1, -0.05) is 198 Å². The molecule has 0 spiro atoms. The Labute approximate surface area is 541 Å². The van der Waals surface area contributed by atoms with E-state index in [0.29, 0.717) is 0 Å². The number of aromatic nitrogens is 3. The maximum Gasteiger partial charge on any atom is 0.0541 e. The lowest BCUT2D eigenvalue weighted by Crippen LogP contribution is -1.93. The molecule has 14 aromatic carbocycles. The number of halogens is 1. The van der Waals surface area contributed by atoms with Crippen LogP contribution >= 0.6 is 38.6 Å². The molecular formula is C85H54BrN3S2. The van der Waals surface area contributed by atoms with Gasteiger partial charge in [-0.25, -0.2) is 0 Å².